The number of halogens is 3. The molecule has 8 nitrogen and oxygen atoms in total. The summed E-state index contributed by atoms with van der Waals surface area (Å²) in [6.45, 7) is 5.38. The Bertz CT molecular complexity index is 1320. The number of amides is 1. The van der Waals surface area contributed by atoms with Gasteiger partial charge in [-0.2, -0.15) is 4.98 Å². The molecule has 0 radical (unpaired) electrons. The van der Waals surface area contributed by atoms with Crippen LogP contribution in [0.3, 0.4) is 0 Å². The summed E-state index contributed by atoms with van der Waals surface area (Å²) in [4.78, 5) is 25.8. The van der Waals surface area contributed by atoms with Gasteiger partial charge in [-0.1, -0.05) is 12.1 Å². The summed E-state index contributed by atoms with van der Waals surface area (Å²) in [7, 11) is 0. The number of rotatable bonds is 7. The third-order valence-corrected chi connectivity index (χ3v) is 6.33. The van der Waals surface area contributed by atoms with Crippen molar-refractivity contribution in [2.75, 3.05) is 17.2 Å². The Balaban J connectivity index is 1.43. The van der Waals surface area contributed by atoms with Gasteiger partial charge in [0.05, 0.1) is 18.5 Å². The molecule has 5 rings (SSSR count). The lowest BCUT2D eigenvalue weighted by atomic mass is 9.76. The van der Waals surface area contributed by atoms with Crippen LogP contribution in [0.5, 0.6) is 0 Å². The van der Waals surface area contributed by atoms with Gasteiger partial charge in [-0.25, -0.2) is 23.1 Å². The average Bonchev–Trinajstić information content (AvgIpc) is 2.82. The molecule has 1 aliphatic carbocycles. The Kier molecular flexibility index (Phi) is 6.49. The van der Waals surface area contributed by atoms with Crippen molar-refractivity contribution < 1.29 is 18.0 Å². The maximum atomic E-state index is 15.0. The molecule has 1 fully saturated rings. The van der Waals surface area contributed by atoms with E-state index < -0.39 is 30.3 Å². The minimum absolute atomic E-state index is 0.0902. The highest BCUT2D eigenvalue weighted by molar-refractivity contribution is 5.99. The first-order valence-electron chi connectivity index (χ1n) is 12.2. The number of hydrogen-bond acceptors (Lipinski definition) is 7. The molecule has 4 N–H and O–H groups in total. The number of hydrogen-bond donors (Lipinski definition) is 4. The Morgan fingerprint density at radius 2 is 1.86 bits per heavy atom. The molecule has 0 spiro atoms. The third kappa shape index (κ3) is 5.51. The highest BCUT2D eigenvalue weighted by atomic mass is 19.3. The number of benzene rings is 1. The van der Waals surface area contributed by atoms with Crippen LogP contribution in [0.15, 0.2) is 42.6 Å². The zero-order valence-corrected chi connectivity index (χ0v) is 20.5. The van der Waals surface area contributed by atoms with E-state index in [9.17, 15) is 18.0 Å². The maximum absolute atomic E-state index is 15.0. The van der Waals surface area contributed by atoms with Crippen molar-refractivity contribution in [3.63, 3.8) is 0 Å². The van der Waals surface area contributed by atoms with Crippen LogP contribution in [-0.2, 0) is 18.6 Å². The minimum Gasteiger partial charge on any atom is -0.350 e. The van der Waals surface area contributed by atoms with Crippen molar-refractivity contribution in [3.05, 3.63) is 65.0 Å². The predicted octanol–water partition coefficient (Wildman–Crippen LogP) is 4.74. The average molecular weight is 512 g/mol. The van der Waals surface area contributed by atoms with Crippen LogP contribution in [0, 0.1) is 0 Å². The molecule has 11 heteroatoms. The number of nitrogens with one attached hydrogen (secondary N) is 4. The molecule has 0 atom stereocenters. The fourth-order valence-electron chi connectivity index (χ4n) is 4.55. The molecule has 194 valence electrons. The molecule has 37 heavy (non-hydrogen) atoms. The van der Waals surface area contributed by atoms with Crippen LogP contribution < -0.4 is 21.3 Å². The molecule has 0 bridgehead atoms. The van der Waals surface area contributed by atoms with Gasteiger partial charge in [0.15, 0.2) is 5.67 Å². The predicted molar refractivity (Wildman–Crippen MR) is 134 cm³/mol. The first-order chi connectivity index (χ1) is 17.6. The first kappa shape index (κ1) is 24.9. The summed E-state index contributed by atoms with van der Waals surface area (Å²) in [5.74, 6) is -2.87. The van der Waals surface area contributed by atoms with Gasteiger partial charge >= 0.3 is 0 Å². The molecule has 1 saturated carbocycles. The molecular formula is C26H28F3N7O. The minimum atomic E-state index is -3.04. The summed E-state index contributed by atoms with van der Waals surface area (Å²) in [5.41, 5.74) is 1.15. The Morgan fingerprint density at radius 1 is 1.05 bits per heavy atom. The quantitative estimate of drug-likeness (QED) is 0.363. The van der Waals surface area contributed by atoms with Gasteiger partial charge < -0.3 is 21.3 Å². The third-order valence-electron chi connectivity index (χ3n) is 6.33. The molecular weight excluding hydrogens is 483 g/mol. The molecule has 2 aromatic heterocycles. The summed E-state index contributed by atoms with van der Waals surface area (Å²) in [5, 5.41) is 12.3. The molecule has 3 aromatic rings. The van der Waals surface area contributed by atoms with Crippen molar-refractivity contribution in [2.24, 2.45) is 0 Å². The van der Waals surface area contributed by atoms with E-state index in [0.717, 1.165) is 25.2 Å². The zero-order valence-electron chi connectivity index (χ0n) is 20.5. The molecule has 1 amide bonds. The van der Waals surface area contributed by atoms with Gasteiger partial charge in [-0.05, 0) is 62.2 Å². The second-order valence-corrected chi connectivity index (χ2v) is 9.83. The fraction of sp³-hybridized carbons (Fsp3) is 0.385. The van der Waals surface area contributed by atoms with E-state index >= 15 is 0 Å². The van der Waals surface area contributed by atoms with Gasteiger partial charge in [0, 0.05) is 24.5 Å². The molecule has 0 unspecified atom stereocenters. The lowest BCUT2D eigenvalue weighted by Crippen LogP contribution is -2.46. The van der Waals surface area contributed by atoms with Crippen LogP contribution in [0.2, 0.25) is 0 Å². The van der Waals surface area contributed by atoms with Crippen LogP contribution in [0.1, 0.15) is 53.9 Å². The Labute approximate surface area is 212 Å². The van der Waals surface area contributed by atoms with Crippen LogP contribution in [-0.4, -0.2) is 39.4 Å². The van der Waals surface area contributed by atoms with Gasteiger partial charge in [0.1, 0.15) is 17.2 Å². The van der Waals surface area contributed by atoms with Gasteiger partial charge in [0.25, 0.3) is 11.8 Å². The molecule has 1 aromatic carbocycles. The zero-order chi connectivity index (χ0) is 26.2. The topological polar surface area (TPSA) is 104 Å². The fourth-order valence-corrected chi connectivity index (χ4v) is 4.55. The second kappa shape index (κ2) is 9.62. The number of nitrogens with zero attached hydrogens (tertiary/aromatic N) is 3. The van der Waals surface area contributed by atoms with E-state index in [4.69, 9.17) is 0 Å². The van der Waals surface area contributed by atoms with Crippen molar-refractivity contribution in [1.82, 2.24) is 25.6 Å². The SMILES string of the molecule is CC(C)NC(=O)c1cnc(Nc2ccc3c(c2)CCNC3)nc1Nc1cccc(C2(F)CC(F)(F)C2)n1. The van der Waals surface area contributed by atoms with Crippen LogP contribution in [0.25, 0.3) is 0 Å². The number of carbonyl (C=O) groups excluding carboxylic acids is 1. The van der Waals surface area contributed by atoms with E-state index in [1.54, 1.807) is 6.07 Å². The van der Waals surface area contributed by atoms with Crippen LogP contribution in [0.4, 0.5) is 36.4 Å². The molecule has 2 aliphatic rings. The van der Waals surface area contributed by atoms with E-state index in [2.05, 4.69) is 36.2 Å². The summed E-state index contributed by atoms with van der Waals surface area (Å²) < 4.78 is 41.7. The first-order valence-corrected chi connectivity index (χ1v) is 12.2. The highest BCUT2D eigenvalue weighted by Gasteiger charge is 2.59. The van der Waals surface area contributed by atoms with Gasteiger partial charge in [0.2, 0.25) is 5.95 Å². The maximum Gasteiger partial charge on any atom is 0.256 e. The van der Waals surface area contributed by atoms with Crippen molar-refractivity contribution in [1.29, 1.82) is 0 Å². The molecule has 3 heterocycles. The standard InChI is InChI=1S/C26H28F3N7O/c1-15(2)32-23(37)19-12-31-24(33-18-7-6-17-11-30-9-8-16(17)10-18)36-22(19)35-21-5-3-4-20(34-21)25(27)13-26(28,29)14-25/h3-7,10,12,15,30H,8-9,11,13-14H2,1-2H3,(H,32,37)(H2,31,33,34,35,36). The van der Waals surface area contributed by atoms with E-state index in [-0.39, 0.29) is 34.9 Å². The van der Waals surface area contributed by atoms with E-state index in [1.807, 2.05) is 32.0 Å². The monoisotopic (exact) mass is 511 g/mol. The summed E-state index contributed by atoms with van der Waals surface area (Å²) in [6.07, 6.45) is 0.495. The second-order valence-electron chi connectivity index (χ2n) is 9.83. The smallest absolute Gasteiger partial charge is 0.256 e. The van der Waals surface area contributed by atoms with E-state index in [1.165, 1.54) is 29.5 Å². The van der Waals surface area contributed by atoms with Crippen molar-refractivity contribution >= 4 is 29.2 Å². The summed E-state index contributed by atoms with van der Waals surface area (Å²) in [6, 6.07) is 10.4. The number of fused-ring (bicyclic) bond motifs is 1. The normalized spacial score (nSPS) is 17.5. The van der Waals surface area contributed by atoms with E-state index in [0.29, 0.717) is 0 Å². The Morgan fingerprint density at radius 3 is 2.62 bits per heavy atom. The summed E-state index contributed by atoms with van der Waals surface area (Å²) >= 11 is 0. The molecule has 1 aliphatic heterocycles. The largest absolute Gasteiger partial charge is 0.350 e. The van der Waals surface area contributed by atoms with Crippen molar-refractivity contribution in [3.8, 4) is 0 Å². The number of aromatic nitrogens is 3. The van der Waals surface area contributed by atoms with Gasteiger partial charge in [-0.15, -0.1) is 0 Å². The van der Waals surface area contributed by atoms with Crippen LogP contribution >= 0.6 is 0 Å². The lowest BCUT2D eigenvalue weighted by Gasteiger charge is -2.40. The van der Waals surface area contributed by atoms with Gasteiger partial charge in [-0.3, -0.25) is 4.79 Å². The Hall–Kier alpha value is -3.73. The number of pyridine rings is 1. The number of anilines is 4. The lowest BCUT2D eigenvalue weighted by molar-refractivity contribution is -0.176. The number of carbonyl (C=O) groups is 1. The highest BCUT2D eigenvalue weighted by Crippen LogP contribution is 2.54. The van der Waals surface area contributed by atoms with Crippen molar-refractivity contribution in [2.45, 2.75) is 57.3 Å². The number of alkyl halides is 3. The molecule has 0 saturated heterocycles.